The number of hydrogen-bond acceptors (Lipinski definition) is 5. The summed E-state index contributed by atoms with van der Waals surface area (Å²) in [6, 6.07) is 5.31. The second-order valence-electron chi connectivity index (χ2n) is 8.84. The van der Waals surface area contributed by atoms with Crippen LogP contribution in [0.2, 0.25) is 0 Å². The summed E-state index contributed by atoms with van der Waals surface area (Å²) in [6.07, 6.45) is 9.04. The monoisotopic (exact) mass is 447 g/mol. The van der Waals surface area contributed by atoms with Gasteiger partial charge in [-0.15, -0.1) is 5.10 Å². The molecule has 1 aromatic carbocycles. The lowest BCUT2D eigenvalue weighted by Crippen LogP contribution is -2.45. The molecule has 1 N–H and O–H groups in total. The van der Waals surface area contributed by atoms with Gasteiger partial charge in [0.25, 0.3) is 0 Å². The van der Waals surface area contributed by atoms with E-state index >= 15 is 0 Å². The van der Waals surface area contributed by atoms with Gasteiger partial charge in [-0.3, -0.25) is 4.79 Å². The van der Waals surface area contributed by atoms with E-state index < -0.39 is 10.0 Å². The molecule has 1 saturated heterocycles. The molecule has 8 nitrogen and oxygen atoms in total. The van der Waals surface area contributed by atoms with Gasteiger partial charge in [0.05, 0.1) is 10.4 Å². The summed E-state index contributed by atoms with van der Waals surface area (Å²) in [7, 11) is -3.61. The number of benzene rings is 1. The summed E-state index contributed by atoms with van der Waals surface area (Å²) in [5.41, 5.74) is 1.43. The fourth-order valence-electron chi connectivity index (χ4n) is 4.74. The Hall–Kier alpha value is -2.00. The molecule has 1 amide bonds. The third kappa shape index (κ3) is 4.92. The van der Waals surface area contributed by atoms with Crippen molar-refractivity contribution in [3.05, 3.63) is 18.2 Å². The Balaban J connectivity index is 1.38. The zero-order valence-corrected chi connectivity index (χ0v) is 19.1. The Bertz CT molecular complexity index is 1000. The Kier molecular flexibility index (Phi) is 6.91. The Labute approximate surface area is 184 Å². The van der Waals surface area contributed by atoms with Crippen LogP contribution in [0.3, 0.4) is 0 Å². The van der Waals surface area contributed by atoms with Gasteiger partial charge < -0.3 is 5.32 Å². The highest BCUT2D eigenvalue weighted by Crippen LogP contribution is 2.26. The summed E-state index contributed by atoms with van der Waals surface area (Å²) in [4.78, 5) is 13.0. The highest BCUT2D eigenvalue weighted by molar-refractivity contribution is 7.89. The number of fused-ring (bicyclic) bond motifs is 1. The minimum atomic E-state index is -3.61. The van der Waals surface area contributed by atoms with E-state index in [1.54, 1.807) is 22.9 Å². The molecule has 9 heteroatoms. The van der Waals surface area contributed by atoms with Gasteiger partial charge in [-0.25, -0.2) is 13.1 Å². The molecule has 1 aromatic heterocycles. The maximum Gasteiger partial charge on any atom is 0.243 e. The second kappa shape index (κ2) is 9.65. The summed E-state index contributed by atoms with van der Waals surface area (Å²) >= 11 is 0. The first-order valence-electron chi connectivity index (χ1n) is 11.6. The zero-order chi connectivity index (χ0) is 21.8. The van der Waals surface area contributed by atoms with Crippen molar-refractivity contribution in [3.8, 4) is 0 Å². The van der Waals surface area contributed by atoms with Gasteiger partial charge in [0.2, 0.25) is 15.9 Å². The topological polar surface area (TPSA) is 97.2 Å². The quantitative estimate of drug-likeness (QED) is 0.687. The molecule has 0 unspecified atom stereocenters. The molecule has 170 valence electrons. The Morgan fingerprint density at radius 3 is 2.48 bits per heavy atom. The molecule has 2 fully saturated rings. The number of piperidine rings is 1. The highest BCUT2D eigenvalue weighted by Gasteiger charge is 2.33. The number of aromatic nitrogens is 3. The molecule has 0 spiro atoms. The molecular weight excluding hydrogens is 414 g/mol. The maximum atomic E-state index is 13.2. The summed E-state index contributed by atoms with van der Waals surface area (Å²) in [5.74, 6) is -0.0102. The van der Waals surface area contributed by atoms with E-state index in [1.165, 1.54) is 30.0 Å². The predicted molar refractivity (Wildman–Crippen MR) is 119 cm³/mol. The number of carbonyl (C=O) groups is 1. The van der Waals surface area contributed by atoms with E-state index in [2.05, 4.69) is 22.6 Å². The van der Waals surface area contributed by atoms with Crippen molar-refractivity contribution in [2.24, 2.45) is 5.92 Å². The maximum absolute atomic E-state index is 13.2. The van der Waals surface area contributed by atoms with Crippen LogP contribution in [-0.4, -0.2) is 52.8 Å². The van der Waals surface area contributed by atoms with Crippen LogP contribution in [0, 0.1) is 5.92 Å². The SMILES string of the molecule is CCCn1nnc2cc(S(=O)(=O)N3CCC(C(=O)NC4CCCCCC4)CC3)ccc21. The van der Waals surface area contributed by atoms with E-state index in [-0.39, 0.29) is 22.8 Å². The fraction of sp³-hybridized carbons (Fsp3) is 0.682. The van der Waals surface area contributed by atoms with Gasteiger partial charge in [0.15, 0.2) is 0 Å². The van der Waals surface area contributed by atoms with Crippen molar-refractivity contribution >= 4 is 27.0 Å². The molecular formula is C22H33N5O3S. The van der Waals surface area contributed by atoms with E-state index in [4.69, 9.17) is 0 Å². The lowest BCUT2D eigenvalue weighted by Gasteiger charge is -2.31. The standard InChI is InChI=1S/C22H33N5O3S/c1-2-13-27-21-10-9-19(16-20(21)24-25-27)31(29,30)26-14-11-17(12-15-26)22(28)23-18-7-5-3-4-6-8-18/h9-10,16-18H,2-8,11-15H2,1H3,(H,23,28). The number of amides is 1. The van der Waals surface area contributed by atoms with Gasteiger partial charge in [0.1, 0.15) is 5.52 Å². The van der Waals surface area contributed by atoms with Crippen molar-refractivity contribution in [1.29, 1.82) is 0 Å². The van der Waals surface area contributed by atoms with Gasteiger partial charge >= 0.3 is 0 Å². The molecule has 2 heterocycles. The molecule has 2 aromatic rings. The molecule has 2 aliphatic rings. The van der Waals surface area contributed by atoms with Crippen molar-refractivity contribution < 1.29 is 13.2 Å². The molecule has 31 heavy (non-hydrogen) atoms. The van der Waals surface area contributed by atoms with E-state index in [0.717, 1.165) is 31.3 Å². The van der Waals surface area contributed by atoms with E-state index in [9.17, 15) is 13.2 Å². The number of hydrogen-bond donors (Lipinski definition) is 1. The predicted octanol–water partition coefficient (Wildman–Crippen LogP) is 3.08. The smallest absolute Gasteiger partial charge is 0.243 e. The van der Waals surface area contributed by atoms with E-state index in [1.807, 2.05) is 0 Å². The first-order chi connectivity index (χ1) is 15.0. The van der Waals surface area contributed by atoms with Gasteiger partial charge in [0, 0.05) is 31.6 Å². The van der Waals surface area contributed by atoms with Crippen molar-refractivity contribution in [3.63, 3.8) is 0 Å². The van der Waals surface area contributed by atoms with Crippen LogP contribution in [0.4, 0.5) is 0 Å². The van der Waals surface area contributed by atoms with Crippen LogP contribution in [0.1, 0.15) is 64.7 Å². The lowest BCUT2D eigenvalue weighted by atomic mass is 9.96. The minimum absolute atomic E-state index is 0.0953. The Morgan fingerprint density at radius 1 is 1.10 bits per heavy atom. The van der Waals surface area contributed by atoms with E-state index in [0.29, 0.717) is 31.4 Å². The molecule has 1 saturated carbocycles. The summed E-state index contributed by atoms with van der Waals surface area (Å²) in [5, 5.41) is 11.5. The first kappa shape index (κ1) is 22.2. The molecule has 0 atom stereocenters. The number of nitrogens with zero attached hydrogens (tertiary/aromatic N) is 4. The number of nitrogens with one attached hydrogen (secondary N) is 1. The zero-order valence-electron chi connectivity index (χ0n) is 18.3. The largest absolute Gasteiger partial charge is 0.353 e. The summed E-state index contributed by atoms with van der Waals surface area (Å²) in [6.45, 7) is 3.54. The van der Waals surface area contributed by atoms with Gasteiger partial charge in [-0.1, -0.05) is 37.8 Å². The normalized spacial score (nSPS) is 20.0. The lowest BCUT2D eigenvalue weighted by molar-refractivity contribution is -0.126. The van der Waals surface area contributed by atoms with Crippen LogP contribution in [0.15, 0.2) is 23.1 Å². The fourth-order valence-corrected chi connectivity index (χ4v) is 6.23. The Morgan fingerprint density at radius 2 is 1.81 bits per heavy atom. The molecule has 0 radical (unpaired) electrons. The number of rotatable bonds is 6. The molecule has 1 aliphatic heterocycles. The minimum Gasteiger partial charge on any atom is -0.353 e. The summed E-state index contributed by atoms with van der Waals surface area (Å²) < 4.78 is 29.6. The van der Waals surface area contributed by atoms with Crippen LogP contribution in [0.25, 0.3) is 11.0 Å². The van der Waals surface area contributed by atoms with Crippen LogP contribution < -0.4 is 5.32 Å². The molecule has 0 bridgehead atoms. The third-order valence-electron chi connectivity index (χ3n) is 6.58. The van der Waals surface area contributed by atoms with Crippen LogP contribution in [0.5, 0.6) is 0 Å². The second-order valence-corrected chi connectivity index (χ2v) is 10.8. The third-order valence-corrected chi connectivity index (χ3v) is 8.48. The first-order valence-corrected chi connectivity index (χ1v) is 13.1. The van der Waals surface area contributed by atoms with Gasteiger partial charge in [-0.2, -0.15) is 4.31 Å². The van der Waals surface area contributed by atoms with Crippen molar-refractivity contribution in [2.75, 3.05) is 13.1 Å². The van der Waals surface area contributed by atoms with Crippen molar-refractivity contribution in [2.45, 2.75) is 82.2 Å². The van der Waals surface area contributed by atoms with Gasteiger partial charge in [-0.05, 0) is 50.3 Å². The van der Waals surface area contributed by atoms with Crippen LogP contribution >= 0.6 is 0 Å². The molecule has 1 aliphatic carbocycles. The highest BCUT2D eigenvalue weighted by atomic mass is 32.2. The number of carbonyl (C=O) groups excluding carboxylic acids is 1. The average Bonchev–Trinajstić information content (AvgIpc) is 3.00. The van der Waals surface area contributed by atoms with Crippen molar-refractivity contribution in [1.82, 2.24) is 24.6 Å². The van der Waals surface area contributed by atoms with Crippen LogP contribution in [-0.2, 0) is 21.4 Å². The number of aryl methyl sites for hydroxylation is 1. The molecule has 4 rings (SSSR count). The average molecular weight is 448 g/mol. The number of sulfonamides is 1.